The van der Waals surface area contributed by atoms with Gasteiger partial charge in [0.1, 0.15) is 5.69 Å². The van der Waals surface area contributed by atoms with Crippen LogP contribution in [0.4, 0.5) is 11.4 Å². The number of rotatable bonds is 4. The number of piperazine rings is 1. The second kappa shape index (κ2) is 7.66. The topological polar surface area (TPSA) is 48.5 Å². The van der Waals surface area contributed by atoms with E-state index in [0.717, 1.165) is 44.1 Å². The summed E-state index contributed by atoms with van der Waals surface area (Å²) in [5, 5.41) is 3.37. The number of nitrogens with one attached hydrogen (secondary N) is 1. The van der Waals surface area contributed by atoms with Crippen LogP contribution in [0.1, 0.15) is 28.5 Å². The zero-order valence-corrected chi connectivity index (χ0v) is 15.2. The third kappa shape index (κ3) is 4.17. The number of amides is 1. The molecular formula is C20H26N4O. The number of aromatic nitrogens is 1. The lowest BCUT2D eigenvalue weighted by Crippen LogP contribution is -2.48. The minimum absolute atomic E-state index is 0.0134. The minimum atomic E-state index is 0.0134. The molecule has 0 aliphatic carbocycles. The molecule has 1 fully saturated rings. The van der Waals surface area contributed by atoms with Crippen molar-refractivity contribution in [3.8, 4) is 0 Å². The fourth-order valence-electron chi connectivity index (χ4n) is 3.04. The molecule has 1 aliphatic heterocycles. The molecule has 2 aromatic rings. The van der Waals surface area contributed by atoms with E-state index in [4.69, 9.17) is 0 Å². The van der Waals surface area contributed by atoms with Gasteiger partial charge < -0.3 is 15.1 Å². The van der Waals surface area contributed by atoms with Gasteiger partial charge in [0.2, 0.25) is 0 Å². The van der Waals surface area contributed by atoms with Gasteiger partial charge in [0.05, 0.1) is 0 Å². The number of benzene rings is 1. The van der Waals surface area contributed by atoms with Crippen LogP contribution in [-0.4, -0.2) is 53.4 Å². The quantitative estimate of drug-likeness (QED) is 0.930. The van der Waals surface area contributed by atoms with Gasteiger partial charge in [0.25, 0.3) is 5.91 Å². The number of aryl methyl sites for hydroxylation is 2. The normalized spacial score (nSPS) is 15.2. The Balaban J connectivity index is 1.70. The van der Waals surface area contributed by atoms with E-state index in [2.05, 4.69) is 48.1 Å². The van der Waals surface area contributed by atoms with Crippen LogP contribution < -0.4 is 5.32 Å². The van der Waals surface area contributed by atoms with E-state index in [1.165, 1.54) is 11.1 Å². The molecule has 0 unspecified atom stereocenters. The minimum Gasteiger partial charge on any atom is -0.355 e. The Hall–Kier alpha value is -2.40. The van der Waals surface area contributed by atoms with Crippen LogP contribution in [-0.2, 0) is 0 Å². The summed E-state index contributed by atoms with van der Waals surface area (Å²) in [6.45, 7) is 10.8. The predicted octanol–water partition coefficient (Wildman–Crippen LogP) is 3.22. The zero-order valence-electron chi connectivity index (χ0n) is 15.2. The number of nitrogens with zero attached hydrogens (tertiary/aromatic N) is 3. The summed E-state index contributed by atoms with van der Waals surface area (Å²) in [6.07, 6.45) is 1.69. The van der Waals surface area contributed by atoms with Crippen molar-refractivity contribution >= 4 is 17.3 Å². The summed E-state index contributed by atoms with van der Waals surface area (Å²) in [5.41, 5.74) is 4.91. The monoisotopic (exact) mass is 338 g/mol. The molecule has 5 heteroatoms. The van der Waals surface area contributed by atoms with Crippen LogP contribution in [0.2, 0.25) is 0 Å². The Morgan fingerprint density at radius 2 is 1.76 bits per heavy atom. The smallest absolute Gasteiger partial charge is 0.272 e. The summed E-state index contributed by atoms with van der Waals surface area (Å²) in [4.78, 5) is 21.3. The number of anilines is 2. The van der Waals surface area contributed by atoms with Crippen molar-refractivity contribution in [1.29, 1.82) is 0 Å². The molecule has 5 nitrogen and oxygen atoms in total. The Morgan fingerprint density at radius 3 is 2.44 bits per heavy atom. The second-order valence-electron chi connectivity index (χ2n) is 6.58. The van der Waals surface area contributed by atoms with E-state index in [1.54, 1.807) is 6.20 Å². The highest BCUT2D eigenvalue weighted by Gasteiger charge is 2.22. The van der Waals surface area contributed by atoms with E-state index in [0.29, 0.717) is 5.69 Å². The summed E-state index contributed by atoms with van der Waals surface area (Å²) >= 11 is 0. The molecular weight excluding hydrogens is 312 g/mol. The maximum atomic E-state index is 12.7. The fraction of sp³-hybridized carbons (Fsp3) is 0.400. The van der Waals surface area contributed by atoms with Crippen LogP contribution in [0.3, 0.4) is 0 Å². The molecule has 1 saturated heterocycles. The van der Waals surface area contributed by atoms with E-state index < -0.39 is 0 Å². The van der Waals surface area contributed by atoms with Crippen LogP contribution in [0.5, 0.6) is 0 Å². The van der Waals surface area contributed by atoms with Crippen molar-refractivity contribution < 1.29 is 4.79 Å². The third-order valence-corrected chi connectivity index (χ3v) is 4.88. The van der Waals surface area contributed by atoms with Crippen LogP contribution in [0, 0.1) is 13.8 Å². The molecule has 0 saturated carbocycles. The molecule has 2 heterocycles. The van der Waals surface area contributed by atoms with Crippen molar-refractivity contribution in [2.75, 3.05) is 38.0 Å². The molecule has 0 radical (unpaired) electrons. The first-order valence-corrected chi connectivity index (χ1v) is 8.89. The molecule has 25 heavy (non-hydrogen) atoms. The van der Waals surface area contributed by atoms with Crippen LogP contribution >= 0.6 is 0 Å². The second-order valence-corrected chi connectivity index (χ2v) is 6.58. The SMILES string of the molecule is CCN1CCN(C(=O)c2cc(Nc3ccc(C)c(C)c3)ccn2)CC1. The van der Waals surface area contributed by atoms with Crippen LogP contribution in [0.25, 0.3) is 0 Å². The molecule has 1 aromatic heterocycles. The molecule has 3 rings (SSSR count). The lowest BCUT2D eigenvalue weighted by atomic mass is 10.1. The molecule has 1 N–H and O–H groups in total. The first-order chi connectivity index (χ1) is 12.1. The van der Waals surface area contributed by atoms with E-state index >= 15 is 0 Å². The van der Waals surface area contributed by atoms with Gasteiger partial charge in [0, 0.05) is 43.8 Å². The predicted molar refractivity (Wildman–Crippen MR) is 101 cm³/mol. The van der Waals surface area contributed by atoms with Crippen molar-refractivity contribution in [3.05, 3.63) is 53.3 Å². The average Bonchev–Trinajstić information content (AvgIpc) is 2.64. The van der Waals surface area contributed by atoms with Crippen molar-refractivity contribution in [2.24, 2.45) is 0 Å². The van der Waals surface area contributed by atoms with Crippen molar-refractivity contribution in [1.82, 2.24) is 14.8 Å². The van der Waals surface area contributed by atoms with Crippen molar-refractivity contribution in [3.63, 3.8) is 0 Å². The van der Waals surface area contributed by atoms with Gasteiger partial charge in [-0.3, -0.25) is 9.78 Å². The number of carbonyl (C=O) groups is 1. The van der Waals surface area contributed by atoms with Gasteiger partial charge in [-0.25, -0.2) is 0 Å². The Bertz CT molecular complexity index is 751. The van der Waals surface area contributed by atoms with Crippen LogP contribution in [0.15, 0.2) is 36.5 Å². The maximum absolute atomic E-state index is 12.7. The molecule has 0 spiro atoms. The van der Waals surface area contributed by atoms with Gasteiger partial charge in [-0.2, -0.15) is 0 Å². The largest absolute Gasteiger partial charge is 0.355 e. The molecule has 0 bridgehead atoms. The van der Waals surface area contributed by atoms with Gasteiger partial charge >= 0.3 is 0 Å². The highest BCUT2D eigenvalue weighted by molar-refractivity contribution is 5.93. The summed E-state index contributed by atoms with van der Waals surface area (Å²) in [6, 6.07) is 9.98. The summed E-state index contributed by atoms with van der Waals surface area (Å²) < 4.78 is 0. The first-order valence-electron chi connectivity index (χ1n) is 8.89. The fourth-order valence-corrected chi connectivity index (χ4v) is 3.04. The van der Waals surface area contributed by atoms with Gasteiger partial charge in [-0.15, -0.1) is 0 Å². The number of pyridine rings is 1. The highest BCUT2D eigenvalue weighted by atomic mass is 16.2. The Labute approximate surface area is 149 Å². The van der Waals surface area contributed by atoms with Gasteiger partial charge in [0.15, 0.2) is 0 Å². The Kier molecular flexibility index (Phi) is 5.34. The average molecular weight is 338 g/mol. The number of hydrogen-bond acceptors (Lipinski definition) is 4. The third-order valence-electron chi connectivity index (χ3n) is 4.88. The molecule has 1 aromatic carbocycles. The number of carbonyl (C=O) groups excluding carboxylic acids is 1. The van der Waals surface area contributed by atoms with Crippen molar-refractivity contribution in [2.45, 2.75) is 20.8 Å². The molecule has 1 aliphatic rings. The van der Waals surface area contributed by atoms with E-state index in [-0.39, 0.29) is 5.91 Å². The zero-order chi connectivity index (χ0) is 17.8. The lowest BCUT2D eigenvalue weighted by Gasteiger charge is -2.33. The highest BCUT2D eigenvalue weighted by Crippen LogP contribution is 2.20. The summed E-state index contributed by atoms with van der Waals surface area (Å²) in [7, 11) is 0. The number of hydrogen-bond donors (Lipinski definition) is 1. The lowest BCUT2D eigenvalue weighted by molar-refractivity contribution is 0.0637. The number of likely N-dealkylation sites (N-methyl/N-ethyl adjacent to an activating group) is 1. The van der Waals surface area contributed by atoms with E-state index in [9.17, 15) is 4.79 Å². The first kappa shape index (κ1) is 17.4. The van der Waals surface area contributed by atoms with Gasteiger partial charge in [-0.05, 0) is 55.8 Å². The molecule has 132 valence electrons. The molecule has 0 atom stereocenters. The Morgan fingerprint density at radius 1 is 1.04 bits per heavy atom. The van der Waals surface area contributed by atoms with Gasteiger partial charge in [-0.1, -0.05) is 13.0 Å². The summed E-state index contributed by atoms with van der Waals surface area (Å²) in [5.74, 6) is 0.0134. The van der Waals surface area contributed by atoms with E-state index in [1.807, 2.05) is 23.1 Å². The maximum Gasteiger partial charge on any atom is 0.272 e. The molecule has 1 amide bonds. The standard InChI is InChI=1S/C20H26N4O/c1-4-23-9-11-24(12-10-23)20(25)19-14-18(7-8-21-19)22-17-6-5-15(2)16(3)13-17/h5-8,13-14H,4,9-12H2,1-3H3,(H,21,22).